The Hall–Kier alpha value is -7.37. The van der Waals surface area contributed by atoms with E-state index in [1.807, 2.05) is 30.3 Å². The van der Waals surface area contributed by atoms with Gasteiger partial charge < -0.3 is 18.6 Å². The van der Waals surface area contributed by atoms with Crippen molar-refractivity contribution in [2.45, 2.75) is 19.3 Å². The Morgan fingerprint density at radius 1 is 0.456 bits per heavy atom. The van der Waals surface area contributed by atoms with Gasteiger partial charge in [-0.3, -0.25) is 0 Å². The van der Waals surface area contributed by atoms with Gasteiger partial charge in [-0.1, -0.05) is 117 Å². The molecule has 272 valence electrons. The molecule has 5 heteroatoms. The third-order valence-corrected chi connectivity index (χ3v) is 11.4. The van der Waals surface area contributed by atoms with E-state index in [0.29, 0.717) is 5.89 Å². The molecule has 8 aromatic carbocycles. The molecule has 0 N–H and O–H groups in total. The molecule has 2 aromatic heterocycles. The summed E-state index contributed by atoms with van der Waals surface area (Å²) in [4.78, 5) is 9.89. The summed E-state index contributed by atoms with van der Waals surface area (Å²) in [6, 6.07) is 65.9. The van der Waals surface area contributed by atoms with Crippen molar-refractivity contribution in [3.8, 4) is 22.6 Å². The van der Waals surface area contributed by atoms with Gasteiger partial charge in [0.15, 0.2) is 5.58 Å². The first kappa shape index (κ1) is 33.0. The van der Waals surface area contributed by atoms with Crippen LogP contribution in [-0.4, -0.2) is 4.98 Å². The maximum atomic E-state index is 7.00. The standard InChI is InChI=1S/C52H37N3O2/c1-52(2)43-27-14-12-26-41(43)48-44(52)33-45-50(57-51(53-45)34-17-6-3-7-18-34)49(48)55(39-29-30-47-42(32-39)40-25-13-15-28-46(40)56-47)38-24-16-23-37(31-38)54(35-19-8-4-9-20-35)36-21-10-5-11-22-36/h3-33H,1-2H3. The third kappa shape index (κ3) is 5.27. The zero-order valence-corrected chi connectivity index (χ0v) is 31.6. The first-order valence-electron chi connectivity index (χ1n) is 19.4. The highest BCUT2D eigenvalue weighted by molar-refractivity contribution is 6.10. The van der Waals surface area contributed by atoms with Gasteiger partial charge in [0.1, 0.15) is 16.7 Å². The molecule has 1 aliphatic carbocycles. The fourth-order valence-electron chi connectivity index (χ4n) is 8.76. The monoisotopic (exact) mass is 735 g/mol. The molecule has 11 rings (SSSR count). The van der Waals surface area contributed by atoms with Crippen LogP contribution in [0.1, 0.15) is 25.0 Å². The Kier molecular flexibility index (Phi) is 7.45. The summed E-state index contributed by atoms with van der Waals surface area (Å²) in [6.45, 7) is 4.63. The summed E-state index contributed by atoms with van der Waals surface area (Å²) in [6.07, 6.45) is 0. The molecule has 0 fully saturated rings. The predicted molar refractivity (Wildman–Crippen MR) is 234 cm³/mol. The van der Waals surface area contributed by atoms with Gasteiger partial charge in [0.25, 0.3) is 0 Å². The lowest BCUT2D eigenvalue weighted by molar-refractivity contribution is 0.620. The average Bonchev–Trinajstić information content (AvgIpc) is 3.93. The topological polar surface area (TPSA) is 45.7 Å². The number of hydrogen-bond acceptors (Lipinski definition) is 5. The van der Waals surface area contributed by atoms with Crippen LogP contribution in [0.15, 0.2) is 197 Å². The van der Waals surface area contributed by atoms with Crippen molar-refractivity contribution in [1.29, 1.82) is 0 Å². The predicted octanol–water partition coefficient (Wildman–Crippen LogP) is 14.6. The molecule has 2 heterocycles. The van der Waals surface area contributed by atoms with Crippen LogP contribution in [-0.2, 0) is 5.41 Å². The molecule has 1 aliphatic rings. The highest BCUT2D eigenvalue weighted by atomic mass is 16.3. The molecule has 0 spiro atoms. The Balaban J connectivity index is 1.24. The number of furan rings is 1. The number of rotatable bonds is 7. The summed E-state index contributed by atoms with van der Waals surface area (Å²) in [7, 11) is 0. The minimum absolute atomic E-state index is 0.281. The van der Waals surface area contributed by atoms with Crippen LogP contribution < -0.4 is 9.80 Å². The van der Waals surface area contributed by atoms with Crippen molar-refractivity contribution in [3.05, 3.63) is 199 Å². The van der Waals surface area contributed by atoms with Gasteiger partial charge in [-0.25, -0.2) is 4.98 Å². The molecule has 0 radical (unpaired) electrons. The number of aromatic nitrogens is 1. The summed E-state index contributed by atoms with van der Waals surface area (Å²) < 4.78 is 13.4. The summed E-state index contributed by atoms with van der Waals surface area (Å²) >= 11 is 0. The minimum Gasteiger partial charge on any atom is -0.456 e. The Labute approximate surface area is 330 Å². The second-order valence-electron chi connectivity index (χ2n) is 15.2. The van der Waals surface area contributed by atoms with Crippen LogP contribution in [0, 0.1) is 0 Å². The van der Waals surface area contributed by atoms with Crippen LogP contribution in [0.5, 0.6) is 0 Å². The summed E-state index contributed by atoms with van der Waals surface area (Å²) in [5.74, 6) is 0.589. The van der Waals surface area contributed by atoms with Gasteiger partial charge in [0.2, 0.25) is 5.89 Å². The maximum Gasteiger partial charge on any atom is 0.227 e. The number of fused-ring (bicyclic) bond motifs is 7. The number of nitrogens with zero attached hydrogens (tertiary/aromatic N) is 3. The van der Waals surface area contributed by atoms with E-state index in [0.717, 1.165) is 78.3 Å². The van der Waals surface area contributed by atoms with E-state index in [-0.39, 0.29) is 5.41 Å². The molecule has 0 unspecified atom stereocenters. The number of oxazole rings is 1. The number of anilines is 6. The number of benzene rings is 8. The van der Waals surface area contributed by atoms with E-state index in [9.17, 15) is 0 Å². The van der Waals surface area contributed by atoms with Crippen LogP contribution in [0.3, 0.4) is 0 Å². The first-order chi connectivity index (χ1) is 28.0. The second-order valence-corrected chi connectivity index (χ2v) is 15.2. The molecule has 0 amide bonds. The van der Waals surface area contributed by atoms with Crippen LogP contribution in [0.25, 0.3) is 55.6 Å². The van der Waals surface area contributed by atoms with E-state index in [4.69, 9.17) is 13.8 Å². The number of hydrogen-bond donors (Lipinski definition) is 0. The van der Waals surface area contributed by atoms with Gasteiger partial charge in [0.05, 0.1) is 5.69 Å². The molecule has 0 aliphatic heterocycles. The first-order valence-corrected chi connectivity index (χ1v) is 19.4. The minimum atomic E-state index is -0.281. The summed E-state index contributed by atoms with van der Waals surface area (Å²) in [5.41, 5.74) is 14.8. The van der Waals surface area contributed by atoms with E-state index < -0.39 is 0 Å². The Morgan fingerprint density at radius 2 is 1.05 bits per heavy atom. The third-order valence-electron chi connectivity index (χ3n) is 11.4. The average molecular weight is 736 g/mol. The molecule has 10 aromatic rings. The van der Waals surface area contributed by atoms with Gasteiger partial charge in [-0.15, -0.1) is 0 Å². The lowest BCUT2D eigenvalue weighted by atomic mass is 9.82. The highest BCUT2D eigenvalue weighted by Gasteiger charge is 2.40. The molecule has 0 saturated heterocycles. The largest absolute Gasteiger partial charge is 0.456 e. The lowest BCUT2D eigenvalue weighted by Gasteiger charge is -2.31. The summed E-state index contributed by atoms with van der Waals surface area (Å²) in [5, 5.41) is 2.12. The molecule has 0 atom stereocenters. The van der Waals surface area contributed by atoms with E-state index >= 15 is 0 Å². The van der Waals surface area contributed by atoms with Gasteiger partial charge in [-0.2, -0.15) is 0 Å². The zero-order chi connectivity index (χ0) is 38.1. The van der Waals surface area contributed by atoms with Crippen molar-refractivity contribution < 1.29 is 8.83 Å². The van der Waals surface area contributed by atoms with Crippen LogP contribution in [0.2, 0.25) is 0 Å². The normalized spacial score (nSPS) is 12.9. The van der Waals surface area contributed by atoms with Crippen molar-refractivity contribution in [3.63, 3.8) is 0 Å². The van der Waals surface area contributed by atoms with Gasteiger partial charge in [0, 0.05) is 55.8 Å². The highest BCUT2D eigenvalue weighted by Crippen LogP contribution is 2.57. The fraction of sp³-hybridized carbons (Fsp3) is 0.0577. The molecule has 0 saturated carbocycles. The van der Waals surface area contributed by atoms with Crippen LogP contribution in [0.4, 0.5) is 34.1 Å². The Bertz CT molecular complexity index is 3070. The smallest absolute Gasteiger partial charge is 0.227 e. The number of para-hydroxylation sites is 3. The molecule has 57 heavy (non-hydrogen) atoms. The fourth-order valence-corrected chi connectivity index (χ4v) is 8.76. The van der Waals surface area contributed by atoms with Crippen molar-refractivity contribution >= 4 is 67.2 Å². The molecule has 0 bridgehead atoms. The van der Waals surface area contributed by atoms with Crippen molar-refractivity contribution in [1.82, 2.24) is 4.98 Å². The Morgan fingerprint density at radius 3 is 1.81 bits per heavy atom. The van der Waals surface area contributed by atoms with E-state index in [2.05, 4.69) is 181 Å². The quantitative estimate of drug-likeness (QED) is 0.163. The van der Waals surface area contributed by atoms with Gasteiger partial charge in [-0.05, 0) is 102 Å². The molecular weight excluding hydrogens is 699 g/mol. The van der Waals surface area contributed by atoms with Crippen molar-refractivity contribution in [2.75, 3.05) is 9.80 Å². The molecular formula is C52H37N3O2. The van der Waals surface area contributed by atoms with E-state index in [1.165, 1.54) is 16.7 Å². The second kappa shape index (κ2) is 12.9. The lowest BCUT2D eigenvalue weighted by Crippen LogP contribution is -2.16. The van der Waals surface area contributed by atoms with Gasteiger partial charge >= 0.3 is 0 Å². The van der Waals surface area contributed by atoms with Crippen LogP contribution >= 0.6 is 0 Å². The zero-order valence-electron chi connectivity index (χ0n) is 31.6. The maximum absolute atomic E-state index is 7.00. The molecule has 5 nitrogen and oxygen atoms in total. The SMILES string of the molecule is CC1(C)c2ccccc2-c2c1cc1nc(-c3ccccc3)oc1c2N(c1cccc(N(c2ccccc2)c2ccccc2)c1)c1ccc2oc3ccccc3c2c1. The van der Waals surface area contributed by atoms with E-state index in [1.54, 1.807) is 0 Å². The van der Waals surface area contributed by atoms with Crippen molar-refractivity contribution in [2.24, 2.45) is 0 Å².